The number of amides is 2. The Morgan fingerprint density at radius 3 is 2.86 bits per heavy atom. The molecule has 3 heterocycles. The zero-order valence-corrected chi connectivity index (χ0v) is 12.5. The van der Waals surface area contributed by atoms with E-state index in [4.69, 9.17) is 4.74 Å². The van der Waals surface area contributed by atoms with Crippen molar-refractivity contribution >= 4 is 23.8 Å². The standard InChI is InChI=1S/C13H16N4O3S/c1-21-11-14-5-9(6-15-11)10(18)17-4-2-3-13(8-17)7-16-12(19)20-13/h5-6H,2-4,7-8H2,1H3,(H,16,19)/t13-/m0/s1. The zero-order chi connectivity index (χ0) is 14.9. The molecule has 1 aromatic heterocycles. The van der Waals surface area contributed by atoms with Gasteiger partial charge in [-0.05, 0) is 19.1 Å². The maximum absolute atomic E-state index is 12.5. The summed E-state index contributed by atoms with van der Waals surface area (Å²) in [4.78, 5) is 33.7. The van der Waals surface area contributed by atoms with Gasteiger partial charge in [0.1, 0.15) is 5.60 Å². The Hall–Kier alpha value is -1.83. The number of alkyl carbamates (subject to hydrolysis) is 1. The van der Waals surface area contributed by atoms with E-state index in [9.17, 15) is 9.59 Å². The molecule has 3 rings (SSSR count). The fourth-order valence-electron chi connectivity index (χ4n) is 2.72. The van der Waals surface area contributed by atoms with Gasteiger partial charge in [-0.2, -0.15) is 0 Å². The Kier molecular flexibility index (Phi) is 3.71. The van der Waals surface area contributed by atoms with Crippen LogP contribution in [0.2, 0.25) is 0 Å². The number of rotatable bonds is 2. The molecule has 1 aromatic rings. The number of aromatic nitrogens is 2. The molecule has 0 aromatic carbocycles. The molecule has 7 nitrogen and oxygen atoms in total. The summed E-state index contributed by atoms with van der Waals surface area (Å²) >= 11 is 1.43. The molecule has 21 heavy (non-hydrogen) atoms. The average molecular weight is 308 g/mol. The van der Waals surface area contributed by atoms with Gasteiger partial charge in [-0.1, -0.05) is 11.8 Å². The van der Waals surface area contributed by atoms with E-state index in [1.54, 1.807) is 17.3 Å². The molecule has 0 unspecified atom stereocenters. The van der Waals surface area contributed by atoms with Gasteiger partial charge in [0.05, 0.1) is 18.7 Å². The highest BCUT2D eigenvalue weighted by molar-refractivity contribution is 7.98. The predicted molar refractivity (Wildman–Crippen MR) is 76.2 cm³/mol. The lowest BCUT2D eigenvalue weighted by Crippen LogP contribution is -2.52. The topological polar surface area (TPSA) is 84.4 Å². The van der Waals surface area contributed by atoms with Gasteiger partial charge in [-0.25, -0.2) is 14.8 Å². The maximum atomic E-state index is 12.5. The quantitative estimate of drug-likeness (QED) is 0.646. The SMILES string of the molecule is CSc1ncc(C(=O)N2CCC[C@]3(CNC(=O)O3)C2)cn1. The van der Waals surface area contributed by atoms with Crippen LogP contribution in [0.25, 0.3) is 0 Å². The van der Waals surface area contributed by atoms with Crippen LogP contribution in [0.5, 0.6) is 0 Å². The molecule has 2 aliphatic rings. The molecule has 0 bridgehead atoms. The minimum absolute atomic E-state index is 0.121. The van der Waals surface area contributed by atoms with Crippen molar-refractivity contribution in [2.75, 3.05) is 25.9 Å². The van der Waals surface area contributed by atoms with E-state index in [1.807, 2.05) is 6.26 Å². The summed E-state index contributed by atoms with van der Waals surface area (Å²) in [7, 11) is 0. The molecule has 8 heteroatoms. The monoisotopic (exact) mass is 308 g/mol. The first kappa shape index (κ1) is 14.1. The van der Waals surface area contributed by atoms with Gasteiger partial charge in [-0.3, -0.25) is 4.79 Å². The molecule has 1 N–H and O–H groups in total. The molecule has 1 atom stereocenters. The van der Waals surface area contributed by atoms with E-state index in [0.717, 1.165) is 12.8 Å². The van der Waals surface area contributed by atoms with Gasteiger partial charge in [0, 0.05) is 18.9 Å². The molecule has 1 spiro atoms. The highest BCUT2D eigenvalue weighted by atomic mass is 32.2. The second-order valence-electron chi connectivity index (χ2n) is 5.21. The van der Waals surface area contributed by atoms with E-state index in [-0.39, 0.29) is 5.91 Å². The summed E-state index contributed by atoms with van der Waals surface area (Å²) in [5.41, 5.74) is -0.118. The Morgan fingerprint density at radius 1 is 1.48 bits per heavy atom. The number of carbonyl (C=O) groups excluding carboxylic acids is 2. The van der Waals surface area contributed by atoms with Crippen molar-refractivity contribution < 1.29 is 14.3 Å². The minimum Gasteiger partial charge on any atom is -0.439 e. The maximum Gasteiger partial charge on any atom is 0.407 e. The van der Waals surface area contributed by atoms with Crippen molar-refractivity contribution in [2.24, 2.45) is 0 Å². The van der Waals surface area contributed by atoms with E-state index in [1.165, 1.54) is 11.8 Å². The number of thioether (sulfide) groups is 1. The Balaban J connectivity index is 1.73. The first-order valence-corrected chi connectivity index (χ1v) is 7.96. The third kappa shape index (κ3) is 2.80. The molecular formula is C13H16N4O3S. The molecule has 2 fully saturated rings. The van der Waals surface area contributed by atoms with Crippen molar-refractivity contribution in [3.05, 3.63) is 18.0 Å². The molecular weight excluding hydrogens is 292 g/mol. The van der Waals surface area contributed by atoms with Crippen LogP contribution in [-0.2, 0) is 4.74 Å². The molecule has 0 saturated carbocycles. The van der Waals surface area contributed by atoms with Crippen LogP contribution >= 0.6 is 11.8 Å². The Bertz CT molecular complexity index is 565. The van der Waals surface area contributed by atoms with Crippen molar-refractivity contribution in [1.82, 2.24) is 20.2 Å². The third-order valence-corrected chi connectivity index (χ3v) is 4.32. The van der Waals surface area contributed by atoms with Crippen molar-refractivity contribution in [1.29, 1.82) is 0 Å². The first-order valence-electron chi connectivity index (χ1n) is 6.74. The van der Waals surface area contributed by atoms with E-state index in [2.05, 4.69) is 15.3 Å². The van der Waals surface area contributed by atoms with Gasteiger partial charge in [-0.15, -0.1) is 0 Å². The molecule has 2 amide bonds. The summed E-state index contributed by atoms with van der Waals surface area (Å²) in [6.07, 6.45) is 6.15. The van der Waals surface area contributed by atoms with E-state index < -0.39 is 11.7 Å². The van der Waals surface area contributed by atoms with E-state index in [0.29, 0.717) is 30.4 Å². The van der Waals surface area contributed by atoms with Gasteiger partial charge in [0.2, 0.25) is 0 Å². The van der Waals surface area contributed by atoms with Gasteiger partial charge < -0.3 is 15.0 Å². The Labute approximate surface area is 126 Å². The molecule has 0 radical (unpaired) electrons. The normalized spacial score (nSPS) is 24.8. The number of likely N-dealkylation sites (tertiary alicyclic amines) is 1. The summed E-state index contributed by atoms with van der Waals surface area (Å²) in [5, 5.41) is 3.30. The zero-order valence-electron chi connectivity index (χ0n) is 11.7. The van der Waals surface area contributed by atoms with Crippen LogP contribution in [-0.4, -0.2) is 58.4 Å². The van der Waals surface area contributed by atoms with Crippen molar-refractivity contribution in [3.8, 4) is 0 Å². The Morgan fingerprint density at radius 2 is 2.24 bits per heavy atom. The van der Waals surface area contributed by atoms with Gasteiger partial charge in [0.25, 0.3) is 5.91 Å². The molecule has 2 aliphatic heterocycles. The van der Waals surface area contributed by atoms with E-state index >= 15 is 0 Å². The third-order valence-electron chi connectivity index (χ3n) is 3.75. The number of carbonyl (C=O) groups is 2. The minimum atomic E-state index is -0.578. The molecule has 0 aliphatic carbocycles. The van der Waals surface area contributed by atoms with Gasteiger partial charge in [0.15, 0.2) is 5.16 Å². The summed E-state index contributed by atoms with van der Waals surface area (Å²) in [6.45, 7) is 1.52. The van der Waals surface area contributed by atoms with Crippen LogP contribution in [0.1, 0.15) is 23.2 Å². The lowest BCUT2D eigenvalue weighted by atomic mass is 9.93. The number of hydrogen-bond acceptors (Lipinski definition) is 6. The van der Waals surface area contributed by atoms with Crippen LogP contribution in [0, 0.1) is 0 Å². The van der Waals surface area contributed by atoms with Crippen LogP contribution in [0.4, 0.5) is 4.79 Å². The highest BCUT2D eigenvalue weighted by Gasteiger charge is 2.44. The number of nitrogens with zero attached hydrogens (tertiary/aromatic N) is 3. The van der Waals surface area contributed by atoms with Crippen LogP contribution in [0.15, 0.2) is 17.6 Å². The number of ether oxygens (including phenoxy) is 1. The lowest BCUT2D eigenvalue weighted by Gasteiger charge is -2.38. The summed E-state index contributed by atoms with van der Waals surface area (Å²) in [6, 6.07) is 0. The smallest absolute Gasteiger partial charge is 0.407 e. The second kappa shape index (κ2) is 5.51. The first-order chi connectivity index (χ1) is 10.1. The number of hydrogen-bond donors (Lipinski definition) is 1. The van der Waals surface area contributed by atoms with Crippen LogP contribution < -0.4 is 5.32 Å². The lowest BCUT2D eigenvalue weighted by molar-refractivity contribution is -0.00507. The van der Waals surface area contributed by atoms with Crippen LogP contribution in [0.3, 0.4) is 0 Å². The number of nitrogens with one attached hydrogen (secondary N) is 1. The largest absolute Gasteiger partial charge is 0.439 e. The second-order valence-corrected chi connectivity index (χ2v) is 5.99. The van der Waals surface area contributed by atoms with Crippen molar-refractivity contribution in [2.45, 2.75) is 23.6 Å². The molecule has 112 valence electrons. The fraction of sp³-hybridized carbons (Fsp3) is 0.538. The summed E-state index contributed by atoms with van der Waals surface area (Å²) in [5.74, 6) is -0.121. The highest BCUT2D eigenvalue weighted by Crippen LogP contribution is 2.28. The summed E-state index contributed by atoms with van der Waals surface area (Å²) < 4.78 is 5.36. The van der Waals surface area contributed by atoms with Crippen molar-refractivity contribution in [3.63, 3.8) is 0 Å². The predicted octanol–water partition coefficient (Wildman–Crippen LogP) is 0.913. The fourth-order valence-corrected chi connectivity index (χ4v) is 3.03. The number of piperidine rings is 1. The average Bonchev–Trinajstić information content (AvgIpc) is 2.87. The molecule has 2 saturated heterocycles. The van der Waals surface area contributed by atoms with Gasteiger partial charge >= 0.3 is 6.09 Å².